The summed E-state index contributed by atoms with van der Waals surface area (Å²) in [6.45, 7) is 8.09. The van der Waals surface area contributed by atoms with E-state index in [1.54, 1.807) is 25.8 Å². The monoisotopic (exact) mass is 537 g/mol. The number of hydrogen-bond donors (Lipinski definition) is 1. The number of rotatable bonds is 11. The molecule has 2 N–H and O–H groups in total. The molecule has 1 unspecified atom stereocenters. The Morgan fingerprint density at radius 3 is 2.61 bits per heavy atom. The number of benzene rings is 1. The van der Waals surface area contributed by atoms with E-state index in [0.29, 0.717) is 24.9 Å². The minimum absolute atomic E-state index is 0.237. The first-order chi connectivity index (χ1) is 18.2. The van der Waals surface area contributed by atoms with Crippen LogP contribution in [0.2, 0.25) is 25.7 Å². The highest BCUT2D eigenvalue weighted by Crippen LogP contribution is 2.40. The molecule has 0 saturated heterocycles. The third kappa shape index (κ3) is 7.20. The number of nitrogens with two attached hydrogens (primary N) is 1. The van der Waals surface area contributed by atoms with Crippen molar-refractivity contribution in [3.8, 4) is 28.3 Å². The summed E-state index contributed by atoms with van der Waals surface area (Å²) in [5.41, 5.74) is 8.90. The fourth-order valence-corrected chi connectivity index (χ4v) is 5.71. The maximum Gasteiger partial charge on any atom is 0.405 e. The molecule has 1 aliphatic rings. The van der Waals surface area contributed by atoms with E-state index in [1.165, 1.54) is 6.42 Å². The van der Waals surface area contributed by atoms with Crippen molar-refractivity contribution in [1.82, 2.24) is 19.7 Å². The molecule has 0 aliphatic heterocycles. The zero-order valence-electron chi connectivity index (χ0n) is 22.9. The summed E-state index contributed by atoms with van der Waals surface area (Å²) in [5, 5.41) is 8.44. The number of hydrogen-bond acceptors (Lipinski definition) is 7. The highest BCUT2D eigenvalue weighted by Gasteiger charge is 2.29. The SMILES string of the molecule is COc1ccc(C(OC(N)=O)C2CCCCC2)cc1-c1cncc(-c2nncn2COCC[Si](C)(C)C)c1. The fourth-order valence-electron chi connectivity index (χ4n) is 4.95. The van der Waals surface area contributed by atoms with Crippen LogP contribution in [-0.4, -0.2) is 47.6 Å². The van der Waals surface area contributed by atoms with Crippen LogP contribution in [0.15, 0.2) is 43.0 Å². The van der Waals surface area contributed by atoms with E-state index in [9.17, 15) is 4.79 Å². The smallest absolute Gasteiger partial charge is 0.405 e. The number of aromatic nitrogens is 4. The van der Waals surface area contributed by atoms with Gasteiger partial charge in [-0.3, -0.25) is 9.55 Å². The minimum Gasteiger partial charge on any atom is -0.496 e. The summed E-state index contributed by atoms with van der Waals surface area (Å²) in [4.78, 5) is 16.3. The van der Waals surface area contributed by atoms with Crippen molar-refractivity contribution in [3.63, 3.8) is 0 Å². The summed E-state index contributed by atoms with van der Waals surface area (Å²) in [5.74, 6) is 1.62. The first-order valence-electron chi connectivity index (χ1n) is 13.3. The highest BCUT2D eigenvalue weighted by atomic mass is 28.3. The number of nitrogens with zero attached hydrogens (tertiary/aromatic N) is 4. The average molecular weight is 538 g/mol. The van der Waals surface area contributed by atoms with Crippen LogP contribution >= 0.6 is 0 Å². The predicted molar refractivity (Wildman–Crippen MR) is 149 cm³/mol. The van der Waals surface area contributed by atoms with Gasteiger partial charge in [-0.25, -0.2) is 4.79 Å². The number of carbonyl (C=O) groups excluding carboxylic acids is 1. The lowest BCUT2D eigenvalue weighted by molar-refractivity contribution is 0.0534. The summed E-state index contributed by atoms with van der Waals surface area (Å²) < 4.78 is 19.2. The fraction of sp³-hybridized carbons (Fsp3) is 0.500. The van der Waals surface area contributed by atoms with Crippen molar-refractivity contribution in [2.45, 2.75) is 70.6 Å². The number of carbonyl (C=O) groups is 1. The summed E-state index contributed by atoms with van der Waals surface area (Å²) in [6, 6.07) is 9.00. The van der Waals surface area contributed by atoms with Crippen molar-refractivity contribution >= 4 is 14.2 Å². The van der Waals surface area contributed by atoms with Gasteiger partial charge in [-0.1, -0.05) is 45.0 Å². The van der Waals surface area contributed by atoms with Gasteiger partial charge >= 0.3 is 6.09 Å². The van der Waals surface area contributed by atoms with Crippen LogP contribution in [0.1, 0.15) is 43.8 Å². The zero-order valence-corrected chi connectivity index (χ0v) is 23.9. The molecule has 1 aliphatic carbocycles. The zero-order chi connectivity index (χ0) is 27.1. The van der Waals surface area contributed by atoms with E-state index < -0.39 is 20.3 Å². The maximum absolute atomic E-state index is 11.8. The molecule has 1 aromatic carbocycles. The molecule has 2 heterocycles. The van der Waals surface area contributed by atoms with Crippen LogP contribution in [0.5, 0.6) is 5.75 Å². The van der Waals surface area contributed by atoms with E-state index in [-0.39, 0.29) is 5.92 Å². The summed E-state index contributed by atoms with van der Waals surface area (Å²) >= 11 is 0. The Morgan fingerprint density at radius 2 is 1.89 bits per heavy atom. The quantitative estimate of drug-likeness (QED) is 0.234. The number of primary amides is 1. The molecule has 1 fully saturated rings. The van der Waals surface area contributed by atoms with Gasteiger partial charge in [0.2, 0.25) is 0 Å². The van der Waals surface area contributed by atoms with Crippen molar-refractivity contribution in [2.75, 3.05) is 13.7 Å². The summed E-state index contributed by atoms with van der Waals surface area (Å²) in [6.07, 6.45) is 9.55. The Hall–Kier alpha value is -3.24. The van der Waals surface area contributed by atoms with E-state index in [4.69, 9.17) is 19.9 Å². The molecule has 204 valence electrons. The molecule has 2 aromatic heterocycles. The third-order valence-electron chi connectivity index (χ3n) is 7.02. The molecule has 10 heteroatoms. The molecule has 1 atom stereocenters. The lowest BCUT2D eigenvalue weighted by atomic mass is 9.82. The van der Waals surface area contributed by atoms with Crippen molar-refractivity contribution in [1.29, 1.82) is 0 Å². The average Bonchev–Trinajstić information content (AvgIpc) is 3.38. The second kappa shape index (κ2) is 12.5. The number of pyridine rings is 1. The normalized spacial score (nSPS) is 15.3. The molecule has 38 heavy (non-hydrogen) atoms. The summed E-state index contributed by atoms with van der Waals surface area (Å²) in [7, 11) is 0.475. The van der Waals surface area contributed by atoms with Gasteiger partial charge in [0.15, 0.2) is 5.82 Å². The largest absolute Gasteiger partial charge is 0.496 e. The molecular weight excluding hydrogens is 498 g/mol. The van der Waals surface area contributed by atoms with Crippen LogP contribution in [0.4, 0.5) is 4.79 Å². The first-order valence-corrected chi connectivity index (χ1v) is 17.0. The van der Waals surface area contributed by atoms with Gasteiger partial charge in [-0.2, -0.15) is 0 Å². The molecular formula is C28H39N5O4Si. The molecule has 0 radical (unpaired) electrons. The van der Waals surface area contributed by atoms with Gasteiger partial charge in [0.1, 0.15) is 24.9 Å². The van der Waals surface area contributed by atoms with Gasteiger partial charge in [-0.15, -0.1) is 10.2 Å². The van der Waals surface area contributed by atoms with Crippen LogP contribution in [0.25, 0.3) is 22.5 Å². The Morgan fingerprint density at radius 1 is 1.13 bits per heavy atom. The molecule has 0 bridgehead atoms. The molecule has 4 rings (SSSR count). The van der Waals surface area contributed by atoms with E-state index in [0.717, 1.165) is 54.0 Å². The number of ether oxygens (including phenoxy) is 3. The predicted octanol–water partition coefficient (Wildman–Crippen LogP) is 6.04. The van der Waals surface area contributed by atoms with Crippen LogP contribution in [0, 0.1) is 5.92 Å². The van der Waals surface area contributed by atoms with Crippen LogP contribution in [0.3, 0.4) is 0 Å². The van der Waals surface area contributed by atoms with Crippen molar-refractivity contribution in [2.24, 2.45) is 11.7 Å². The lowest BCUT2D eigenvalue weighted by Crippen LogP contribution is -2.25. The molecule has 9 nitrogen and oxygen atoms in total. The van der Waals surface area contributed by atoms with Crippen molar-refractivity contribution in [3.05, 3.63) is 48.5 Å². The standard InChI is InChI=1S/C28H39N5O4Si/c1-35-25-11-10-21(26(37-28(29)34)20-8-6-5-7-9-20)15-24(25)22-14-23(17-30-16-22)27-32-31-18-33(27)19-36-12-13-38(2,3)4/h10-11,14-18,20,26H,5-9,12-13,19H2,1-4H3,(H2,29,34). The van der Waals surface area contributed by atoms with E-state index in [1.807, 2.05) is 28.8 Å². The van der Waals surface area contributed by atoms with Gasteiger partial charge in [0.25, 0.3) is 0 Å². The Balaban J connectivity index is 1.62. The second-order valence-electron chi connectivity index (χ2n) is 11.1. The van der Waals surface area contributed by atoms with Crippen LogP contribution in [-0.2, 0) is 16.2 Å². The molecule has 3 aromatic rings. The topological polar surface area (TPSA) is 114 Å². The lowest BCUT2D eigenvalue weighted by Gasteiger charge is -2.30. The third-order valence-corrected chi connectivity index (χ3v) is 8.73. The molecule has 0 spiro atoms. The molecule has 1 saturated carbocycles. The Labute approximate surface area is 225 Å². The van der Waals surface area contributed by atoms with Gasteiger partial charge in [-0.05, 0) is 42.6 Å². The van der Waals surface area contributed by atoms with E-state index in [2.05, 4.69) is 34.8 Å². The highest BCUT2D eigenvalue weighted by molar-refractivity contribution is 6.76. The number of methoxy groups -OCH3 is 1. The van der Waals surface area contributed by atoms with Gasteiger partial charge < -0.3 is 19.9 Å². The second-order valence-corrected chi connectivity index (χ2v) is 16.8. The minimum atomic E-state index is -1.17. The first kappa shape index (κ1) is 27.8. The van der Waals surface area contributed by atoms with Gasteiger partial charge in [0.05, 0.1) is 7.11 Å². The Bertz CT molecular complexity index is 1220. The van der Waals surface area contributed by atoms with Gasteiger partial charge in [0, 0.05) is 49.7 Å². The molecule has 1 amide bonds. The van der Waals surface area contributed by atoms with E-state index >= 15 is 0 Å². The van der Waals surface area contributed by atoms with Crippen LogP contribution < -0.4 is 10.5 Å². The maximum atomic E-state index is 11.8. The Kier molecular flexibility index (Phi) is 9.16. The number of amides is 1. The van der Waals surface area contributed by atoms with Crippen molar-refractivity contribution < 1.29 is 19.0 Å².